The molecule has 0 aromatic carbocycles. The molecule has 1 saturated carbocycles. The van der Waals surface area contributed by atoms with Crippen molar-refractivity contribution >= 4 is 17.2 Å². The van der Waals surface area contributed by atoms with Crippen molar-refractivity contribution in [3.63, 3.8) is 0 Å². The van der Waals surface area contributed by atoms with Crippen molar-refractivity contribution in [2.75, 3.05) is 6.54 Å². The van der Waals surface area contributed by atoms with E-state index in [0.29, 0.717) is 6.04 Å². The molecule has 0 atom stereocenters. The van der Waals surface area contributed by atoms with Crippen molar-refractivity contribution in [3.8, 4) is 0 Å². The first-order valence-corrected chi connectivity index (χ1v) is 7.83. The summed E-state index contributed by atoms with van der Waals surface area (Å²) in [5.74, 6) is 0.242. The lowest BCUT2D eigenvalue weighted by molar-refractivity contribution is 0.0648. The SMILES string of the molecule is CCN(C(=O)c1cc(C)sc1C)C1CCCCC1. The van der Waals surface area contributed by atoms with Crippen LogP contribution in [0.15, 0.2) is 6.07 Å². The second kappa shape index (κ2) is 5.87. The minimum Gasteiger partial charge on any atom is -0.336 e. The predicted molar refractivity (Wildman–Crippen MR) is 77.4 cm³/mol. The molecule has 0 radical (unpaired) electrons. The van der Waals surface area contributed by atoms with Crippen LogP contribution in [-0.2, 0) is 0 Å². The van der Waals surface area contributed by atoms with Gasteiger partial charge in [0.2, 0.25) is 0 Å². The molecule has 0 aliphatic heterocycles. The highest BCUT2D eigenvalue weighted by Gasteiger charge is 2.26. The van der Waals surface area contributed by atoms with E-state index in [1.165, 1.54) is 37.0 Å². The molecule has 0 saturated heterocycles. The molecular formula is C15H23NOS. The Kier molecular flexibility index (Phi) is 4.44. The number of nitrogens with zero attached hydrogens (tertiary/aromatic N) is 1. The molecule has 18 heavy (non-hydrogen) atoms. The van der Waals surface area contributed by atoms with Crippen LogP contribution in [0.5, 0.6) is 0 Å². The van der Waals surface area contributed by atoms with Gasteiger partial charge in [-0.1, -0.05) is 19.3 Å². The van der Waals surface area contributed by atoms with Gasteiger partial charge in [-0.25, -0.2) is 0 Å². The fourth-order valence-corrected chi connectivity index (χ4v) is 3.87. The van der Waals surface area contributed by atoms with Gasteiger partial charge in [-0.3, -0.25) is 4.79 Å². The first-order chi connectivity index (χ1) is 8.63. The molecule has 2 nitrogen and oxygen atoms in total. The number of amides is 1. The lowest BCUT2D eigenvalue weighted by atomic mass is 9.93. The third kappa shape index (κ3) is 2.77. The standard InChI is InChI=1S/C15H23NOS/c1-4-16(13-8-6-5-7-9-13)15(17)14-10-11(2)18-12(14)3/h10,13H,4-9H2,1-3H3. The molecule has 1 amide bonds. The summed E-state index contributed by atoms with van der Waals surface area (Å²) >= 11 is 1.72. The summed E-state index contributed by atoms with van der Waals surface area (Å²) < 4.78 is 0. The van der Waals surface area contributed by atoms with Gasteiger partial charge in [0.1, 0.15) is 0 Å². The van der Waals surface area contributed by atoms with E-state index in [4.69, 9.17) is 0 Å². The summed E-state index contributed by atoms with van der Waals surface area (Å²) in [6.07, 6.45) is 6.24. The van der Waals surface area contributed by atoms with E-state index in [1.807, 2.05) is 6.07 Å². The van der Waals surface area contributed by atoms with Crippen molar-refractivity contribution in [2.24, 2.45) is 0 Å². The van der Waals surface area contributed by atoms with Crippen molar-refractivity contribution in [3.05, 3.63) is 21.4 Å². The summed E-state index contributed by atoms with van der Waals surface area (Å²) in [5.41, 5.74) is 0.921. The Morgan fingerprint density at radius 3 is 2.50 bits per heavy atom. The zero-order valence-corrected chi connectivity index (χ0v) is 12.5. The number of hydrogen-bond donors (Lipinski definition) is 0. The van der Waals surface area contributed by atoms with E-state index in [1.54, 1.807) is 11.3 Å². The average molecular weight is 265 g/mol. The second-order valence-corrected chi connectivity index (χ2v) is 6.67. The molecule has 0 spiro atoms. The maximum atomic E-state index is 12.6. The lowest BCUT2D eigenvalue weighted by Gasteiger charge is -2.33. The van der Waals surface area contributed by atoms with Crippen molar-refractivity contribution in [2.45, 2.75) is 58.9 Å². The molecule has 1 heterocycles. The van der Waals surface area contributed by atoms with Crippen LogP contribution in [0.4, 0.5) is 0 Å². The van der Waals surface area contributed by atoms with Crippen LogP contribution in [-0.4, -0.2) is 23.4 Å². The Morgan fingerprint density at radius 1 is 1.33 bits per heavy atom. The Balaban J connectivity index is 2.16. The molecule has 1 aliphatic carbocycles. The van der Waals surface area contributed by atoms with Gasteiger partial charge in [0, 0.05) is 22.3 Å². The summed E-state index contributed by atoms with van der Waals surface area (Å²) in [6.45, 7) is 7.06. The molecule has 1 aromatic heterocycles. The van der Waals surface area contributed by atoms with Crippen molar-refractivity contribution < 1.29 is 4.79 Å². The van der Waals surface area contributed by atoms with E-state index < -0.39 is 0 Å². The minimum absolute atomic E-state index is 0.242. The highest BCUT2D eigenvalue weighted by atomic mass is 32.1. The van der Waals surface area contributed by atoms with Gasteiger partial charge < -0.3 is 4.90 Å². The highest BCUT2D eigenvalue weighted by molar-refractivity contribution is 7.12. The summed E-state index contributed by atoms with van der Waals surface area (Å²) in [6, 6.07) is 2.52. The number of hydrogen-bond acceptors (Lipinski definition) is 2. The molecular weight excluding hydrogens is 242 g/mol. The Morgan fingerprint density at radius 2 is 2.00 bits per heavy atom. The molecule has 3 heteroatoms. The molecule has 1 fully saturated rings. The van der Waals surface area contributed by atoms with Gasteiger partial charge in [-0.2, -0.15) is 0 Å². The van der Waals surface area contributed by atoms with Crippen LogP contribution in [0.1, 0.15) is 59.1 Å². The third-order valence-corrected chi connectivity index (χ3v) is 4.85. The van der Waals surface area contributed by atoms with Gasteiger partial charge in [-0.15, -0.1) is 11.3 Å². The van der Waals surface area contributed by atoms with E-state index in [0.717, 1.165) is 17.0 Å². The van der Waals surface area contributed by atoms with Crippen molar-refractivity contribution in [1.29, 1.82) is 0 Å². The van der Waals surface area contributed by atoms with Gasteiger partial charge in [-0.05, 0) is 39.7 Å². The second-order valence-electron chi connectivity index (χ2n) is 5.21. The Labute approximate surface area is 114 Å². The molecule has 0 bridgehead atoms. The molecule has 0 N–H and O–H groups in total. The number of carbonyl (C=O) groups excluding carboxylic acids is 1. The average Bonchev–Trinajstić information content (AvgIpc) is 2.70. The molecule has 1 aromatic rings. The number of aryl methyl sites for hydroxylation is 2. The Hall–Kier alpha value is -0.830. The van der Waals surface area contributed by atoms with Crippen LogP contribution < -0.4 is 0 Å². The monoisotopic (exact) mass is 265 g/mol. The Bertz CT molecular complexity index is 418. The summed E-state index contributed by atoms with van der Waals surface area (Å²) in [7, 11) is 0. The highest BCUT2D eigenvalue weighted by Crippen LogP contribution is 2.27. The van der Waals surface area contributed by atoms with Crippen LogP contribution in [0.25, 0.3) is 0 Å². The molecule has 2 rings (SSSR count). The van der Waals surface area contributed by atoms with E-state index in [-0.39, 0.29) is 5.91 Å². The topological polar surface area (TPSA) is 20.3 Å². The van der Waals surface area contributed by atoms with Crippen LogP contribution in [0, 0.1) is 13.8 Å². The number of rotatable bonds is 3. The van der Waals surface area contributed by atoms with Crippen LogP contribution >= 0.6 is 11.3 Å². The first kappa shape index (κ1) is 13.6. The smallest absolute Gasteiger partial charge is 0.255 e. The normalized spacial score (nSPS) is 16.8. The fraction of sp³-hybridized carbons (Fsp3) is 0.667. The van der Waals surface area contributed by atoms with Crippen molar-refractivity contribution in [1.82, 2.24) is 4.90 Å². The van der Waals surface area contributed by atoms with Crippen LogP contribution in [0.2, 0.25) is 0 Å². The minimum atomic E-state index is 0.242. The lowest BCUT2D eigenvalue weighted by Crippen LogP contribution is -2.41. The van der Waals surface area contributed by atoms with Gasteiger partial charge in [0.25, 0.3) is 5.91 Å². The summed E-state index contributed by atoms with van der Waals surface area (Å²) in [4.78, 5) is 17.1. The molecule has 0 unspecified atom stereocenters. The quantitative estimate of drug-likeness (QED) is 0.803. The van der Waals surface area contributed by atoms with Gasteiger partial charge in [0.05, 0.1) is 5.56 Å². The molecule has 100 valence electrons. The predicted octanol–water partition coefficient (Wildman–Crippen LogP) is 4.16. The summed E-state index contributed by atoms with van der Waals surface area (Å²) in [5, 5.41) is 0. The maximum absolute atomic E-state index is 12.6. The van der Waals surface area contributed by atoms with Crippen LogP contribution in [0.3, 0.4) is 0 Å². The number of thiophene rings is 1. The van der Waals surface area contributed by atoms with Gasteiger partial charge >= 0.3 is 0 Å². The zero-order chi connectivity index (χ0) is 13.1. The fourth-order valence-electron chi connectivity index (χ4n) is 2.96. The molecule has 1 aliphatic rings. The third-order valence-electron chi connectivity index (χ3n) is 3.89. The van der Waals surface area contributed by atoms with E-state index in [9.17, 15) is 4.79 Å². The maximum Gasteiger partial charge on any atom is 0.255 e. The first-order valence-electron chi connectivity index (χ1n) is 7.01. The van der Waals surface area contributed by atoms with E-state index in [2.05, 4.69) is 25.7 Å². The van der Waals surface area contributed by atoms with Gasteiger partial charge in [0.15, 0.2) is 0 Å². The van der Waals surface area contributed by atoms with E-state index >= 15 is 0 Å². The largest absolute Gasteiger partial charge is 0.336 e. The number of carbonyl (C=O) groups is 1. The zero-order valence-electron chi connectivity index (χ0n) is 11.7.